The molecule has 4 nitrogen and oxygen atoms in total. The van der Waals surface area contributed by atoms with Crippen LogP contribution in [0.5, 0.6) is 5.75 Å². The Kier molecular flexibility index (Phi) is 7.11. The van der Waals surface area contributed by atoms with Gasteiger partial charge in [-0.1, -0.05) is 171 Å². The first-order valence-corrected chi connectivity index (χ1v) is 21.5. The molecule has 9 aromatic rings. The van der Waals surface area contributed by atoms with Crippen LogP contribution in [0.1, 0.15) is 106 Å². The fraction of sp³-hybridized carbons (Fsp3) is 0.213. The van der Waals surface area contributed by atoms with Crippen molar-refractivity contribution in [2.24, 2.45) is 0 Å². The molecule has 0 saturated carbocycles. The summed E-state index contributed by atoms with van der Waals surface area (Å²) in [5, 5.41) is 11.5. The number of pyridine rings is 1. The molecule has 0 spiro atoms. The molecule has 0 aliphatic carbocycles. The molecular formula is C61H59N3O. The first-order chi connectivity index (χ1) is 37.6. The lowest BCUT2D eigenvalue weighted by molar-refractivity contribution is 0.477. The third-order valence-electron chi connectivity index (χ3n) is 11.8. The number of benzene rings is 7. The molecule has 65 heavy (non-hydrogen) atoms. The fourth-order valence-electron chi connectivity index (χ4n) is 8.40. The van der Waals surface area contributed by atoms with Gasteiger partial charge in [0.1, 0.15) is 11.6 Å². The number of phenols is 1. The van der Waals surface area contributed by atoms with Gasteiger partial charge in [0.05, 0.1) is 33.5 Å². The largest absolute Gasteiger partial charge is 0.507 e. The molecule has 4 heteroatoms. The van der Waals surface area contributed by atoms with E-state index in [-0.39, 0.29) is 33.7 Å². The third kappa shape index (κ3) is 8.42. The van der Waals surface area contributed by atoms with E-state index in [0.717, 1.165) is 27.8 Å². The molecule has 9 rings (SSSR count). The van der Waals surface area contributed by atoms with Crippen LogP contribution in [0.25, 0.3) is 83.9 Å². The molecule has 0 fully saturated rings. The van der Waals surface area contributed by atoms with Crippen LogP contribution >= 0.6 is 0 Å². The number of para-hydroxylation sites is 2. The van der Waals surface area contributed by atoms with Gasteiger partial charge in [0.25, 0.3) is 0 Å². The third-order valence-corrected chi connectivity index (χ3v) is 11.8. The highest BCUT2D eigenvalue weighted by Crippen LogP contribution is 2.44. The summed E-state index contributed by atoms with van der Waals surface area (Å²) in [7, 11) is 0. The lowest BCUT2D eigenvalue weighted by Gasteiger charge is -2.26. The minimum absolute atomic E-state index is 0.0506. The zero-order chi connectivity index (χ0) is 59.3. The van der Waals surface area contributed by atoms with E-state index in [9.17, 15) is 5.11 Å². The predicted octanol–water partition coefficient (Wildman–Crippen LogP) is 16.3. The summed E-state index contributed by atoms with van der Waals surface area (Å²) in [4.78, 5) is 9.96. The summed E-state index contributed by atoms with van der Waals surface area (Å²) in [6.45, 7) is -1.69. The van der Waals surface area contributed by atoms with Crippen LogP contribution in [0.3, 0.4) is 0 Å². The van der Waals surface area contributed by atoms with Crippen LogP contribution in [0, 0.1) is 6.85 Å². The highest BCUT2D eigenvalue weighted by Gasteiger charge is 2.25. The number of aromatic hydroxyl groups is 1. The van der Waals surface area contributed by atoms with Crippen LogP contribution in [0.4, 0.5) is 0 Å². The van der Waals surface area contributed by atoms with Crippen molar-refractivity contribution in [3.05, 3.63) is 192 Å². The van der Waals surface area contributed by atoms with Gasteiger partial charge in [-0.15, -0.1) is 0 Å². The number of fused-ring (bicyclic) bond motifs is 1. The van der Waals surface area contributed by atoms with Gasteiger partial charge >= 0.3 is 0 Å². The number of imidazole rings is 1. The smallest absolute Gasteiger partial charge is 0.149 e. The maximum atomic E-state index is 11.5. The first-order valence-electron chi connectivity index (χ1n) is 29.5. The van der Waals surface area contributed by atoms with Gasteiger partial charge in [-0.2, -0.15) is 0 Å². The highest BCUT2D eigenvalue weighted by atomic mass is 16.3. The van der Waals surface area contributed by atoms with Crippen molar-refractivity contribution >= 4 is 11.0 Å². The molecular weight excluding hydrogens is 791 g/mol. The van der Waals surface area contributed by atoms with Crippen LogP contribution in [-0.4, -0.2) is 19.6 Å². The van der Waals surface area contributed by atoms with Gasteiger partial charge in [0.15, 0.2) is 0 Å². The van der Waals surface area contributed by atoms with Crippen molar-refractivity contribution < 1.29 is 27.0 Å². The molecule has 2 heterocycles. The molecule has 1 N–H and O–H groups in total. The predicted molar refractivity (Wildman–Crippen MR) is 274 cm³/mol. The summed E-state index contributed by atoms with van der Waals surface area (Å²) in [5.74, 6) is 0.190. The average Bonchev–Trinajstić information content (AvgIpc) is 3.91. The van der Waals surface area contributed by atoms with Crippen LogP contribution in [-0.2, 0) is 16.2 Å². The topological polar surface area (TPSA) is 50.9 Å². The molecule has 324 valence electrons. The van der Waals surface area contributed by atoms with Crippen molar-refractivity contribution in [1.29, 1.82) is 0 Å². The molecule has 0 aliphatic heterocycles. The molecule has 7 aromatic carbocycles. The maximum Gasteiger partial charge on any atom is 0.149 e. The van der Waals surface area contributed by atoms with E-state index in [0.29, 0.717) is 50.2 Å². The number of rotatable bonds is 7. The van der Waals surface area contributed by atoms with Crippen molar-refractivity contribution in [2.75, 3.05) is 0 Å². The highest BCUT2D eigenvalue weighted by molar-refractivity contribution is 5.97. The van der Waals surface area contributed by atoms with Gasteiger partial charge in [-0.25, -0.2) is 4.98 Å². The Labute approximate surface area is 407 Å². The van der Waals surface area contributed by atoms with E-state index in [1.54, 1.807) is 41.0 Å². The zero-order valence-electron chi connectivity index (χ0n) is 53.1. The van der Waals surface area contributed by atoms with E-state index in [4.69, 9.17) is 26.9 Å². The van der Waals surface area contributed by atoms with E-state index in [1.165, 1.54) is 18.3 Å². The Morgan fingerprint density at radius 2 is 1.25 bits per heavy atom. The van der Waals surface area contributed by atoms with Crippen molar-refractivity contribution in [3.8, 4) is 78.6 Å². The lowest BCUT2D eigenvalue weighted by Crippen LogP contribution is -2.13. The Morgan fingerprint density at radius 3 is 1.97 bits per heavy atom. The molecule has 0 amide bonds. The Hall–Kier alpha value is -7.04. The molecule has 0 atom stereocenters. The Morgan fingerprint density at radius 1 is 0.538 bits per heavy atom. The minimum Gasteiger partial charge on any atom is -0.507 e. The van der Waals surface area contributed by atoms with E-state index in [2.05, 4.69) is 31.8 Å². The first kappa shape index (κ1) is 28.0. The van der Waals surface area contributed by atoms with Gasteiger partial charge < -0.3 is 5.11 Å². The van der Waals surface area contributed by atoms with Gasteiger partial charge in [0, 0.05) is 33.8 Å². The molecule has 0 radical (unpaired) electrons. The normalized spacial score (nSPS) is 16.6. The standard InChI is InChI=1S/C61H59N3O/c1-39-34-43(56-48(41-18-12-11-13-19-41)21-16-23-51(56)61(8,9)10)28-31-53(39)64-54-24-17-22-49(57(54)63-58(64)50-20-14-15-25-55(50)65)44-35-45(37-47(36-44)60(5,6)7)52-38-42(32-33-62-52)40-26-29-46(30-27-40)59(2,3)4/h11-38,65H,1-10H3/i1D3,2D3,3D3,4D3,26D,27D,29D,30D. The second kappa shape index (κ2) is 16.5. The maximum absolute atomic E-state index is 11.5. The van der Waals surface area contributed by atoms with E-state index >= 15 is 0 Å². The van der Waals surface area contributed by atoms with Crippen LogP contribution in [0.15, 0.2) is 170 Å². The number of aromatic nitrogens is 3. The second-order valence-electron chi connectivity index (χ2n) is 18.5. The van der Waals surface area contributed by atoms with E-state index in [1.807, 2.05) is 106 Å². The van der Waals surface area contributed by atoms with Crippen LogP contribution in [0.2, 0.25) is 0 Å². The summed E-state index contributed by atoms with van der Waals surface area (Å²) in [6, 6.07) is 38.7. The monoisotopic (exact) mass is 866 g/mol. The summed E-state index contributed by atoms with van der Waals surface area (Å²) >= 11 is 0. The second-order valence-corrected chi connectivity index (χ2v) is 18.5. The quantitative estimate of drug-likeness (QED) is 0.174. The van der Waals surface area contributed by atoms with Gasteiger partial charge in [-0.3, -0.25) is 9.55 Å². The SMILES string of the molecule is [2H]c1c([2H])c(C(C([2H])([2H])[2H])(C([2H])([2H])[2H])C([2H])([2H])[2H])c([2H])c([2H])c1-c1ccnc(-c2cc(-c3cccc4c3nc(-c3ccccc3O)n4-c3ccc(-c4c(-c5ccccc5)cccc4C(C)(C)C)cc3C([2H])([2H])[2H])cc(C(C)(C)C)c2)c1. The fourth-order valence-corrected chi connectivity index (χ4v) is 8.40. The lowest BCUT2D eigenvalue weighted by atomic mass is 9.78. The summed E-state index contributed by atoms with van der Waals surface area (Å²) in [6.07, 6.45) is 1.39. The molecule has 0 bridgehead atoms. The summed E-state index contributed by atoms with van der Waals surface area (Å²) in [5.41, 5.74) is 3.14. The number of hydrogen-bond acceptors (Lipinski definition) is 3. The van der Waals surface area contributed by atoms with Crippen molar-refractivity contribution in [2.45, 2.75) is 85.2 Å². The minimum atomic E-state index is -3.83. The van der Waals surface area contributed by atoms with Crippen LogP contribution < -0.4 is 0 Å². The number of aryl methyl sites for hydroxylation is 1. The molecule has 0 aliphatic rings. The number of hydrogen-bond donors (Lipinski definition) is 1. The van der Waals surface area contributed by atoms with E-state index < -0.39 is 68.0 Å². The summed E-state index contributed by atoms with van der Waals surface area (Å²) < 4.78 is 140. The average molecular weight is 866 g/mol. The molecule has 0 unspecified atom stereocenters. The zero-order valence-corrected chi connectivity index (χ0v) is 37.1. The molecule has 2 aromatic heterocycles. The number of phenolic OH excluding ortho intramolecular Hbond substituents is 1. The molecule has 0 saturated heterocycles. The Bertz CT molecular complexity index is 3850. The Balaban J connectivity index is 1.26. The number of nitrogens with zero attached hydrogens (tertiary/aromatic N) is 3. The van der Waals surface area contributed by atoms with Crippen molar-refractivity contribution in [1.82, 2.24) is 14.5 Å². The van der Waals surface area contributed by atoms with Crippen molar-refractivity contribution in [3.63, 3.8) is 0 Å². The van der Waals surface area contributed by atoms with Gasteiger partial charge in [-0.05, 0) is 139 Å². The van der Waals surface area contributed by atoms with Gasteiger partial charge in [0.2, 0.25) is 0 Å².